The van der Waals surface area contributed by atoms with Crippen molar-refractivity contribution < 1.29 is 9.59 Å². The van der Waals surface area contributed by atoms with Crippen LogP contribution < -0.4 is 10.2 Å². The third-order valence-corrected chi connectivity index (χ3v) is 8.86. The molecule has 0 radical (unpaired) electrons. The Kier molecular flexibility index (Phi) is 8.32. The van der Waals surface area contributed by atoms with E-state index in [4.69, 9.17) is 10.4 Å². The van der Waals surface area contributed by atoms with Crippen molar-refractivity contribution in [2.75, 3.05) is 44.4 Å². The number of hydrogen-bond acceptors (Lipinski definition) is 6. The van der Waals surface area contributed by atoms with Crippen molar-refractivity contribution >= 4 is 40.2 Å². The molecule has 8 heteroatoms. The van der Waals surface area contributed by atoms with Crippen molar-refractivity contribution in [2.24, 2.45) is 0 Å². The number of carbonyl (C=O) groups excluding carboxylic acids is 2. The summed E-state index contributed by atoms with van der Waals surface area (Å²) in [4.78, 5) is 35.0. The topological polar surface area (TPSA) is 94.3 Å². The van der Waals surface area contributed by atoms with E-state index in [2.05, 4.69) is 60.1 Å². The Hall–Kier alpha value is -5.08. The molecule has 1 aliphatic heterocycles. The second-order valence-electron chi connectivity index (χ2n) is 12.4. The molecule has 0 fully saturated rings. The van der Waals surface area contributed by atoms with Crippen LogP contribution in [0.5, 0.6) is 0 Å². The van der Waals surface area contributed by atoms with Crippen molar-refractivity contribution in [3.05, 3.63) is 89.1 Å². The van der Waals surface area contributed by atoms with Gasteiger partial charge in [0.2, 0.25) is 5.91 Å². The highest BCUT2D eigenvalue weighted by atomic mass is 16.2. The van der Waals surface area contributed by atoms with Crippen LogP contribution in [0.1, 0.15) is 29.2 Å². The van der Waals surface area contributed by atoms with E-state index in [1.165, 1.54) is 11.8 Å². The number of pyridine rings is 1. The molecule has 0 spiro atoms. The number of hydrogen-bond donors (Lipinski definition) is 2. The van der Waals surface area contributed by atoms with E-state index in [-0.39, 0.29) is 18.1 Å². The number of Topliss-reactive ketones (excluding diaryl/α,β-unsaturated/α-hetero) is 1. The zero-order valence-corrected chi connectivity index (χ0v) is 27.4. The molecule has 2 N–H and O–H groups in total. The van der Waals surface area contributed by atoms with Crippen LogP contribution in [0.2, 0.25) is 0 Å². The number of aromatic nitrogens is 2. The molecule has 3 heterocycles. The minimum atomic E-state index is 0.0403. The van der Waals surface area contributed by atoms with Gasteiger partial charge in [0.1, 0.15) is 5.78 Å². The predicted molar refractivity (Wildman–Crippen MR) is 188 cm³/mol. The highest BCUT2D eigenvalue weighted by molar-refractivity contribution is 6.13. The van der Waals surface area contributed by atoms with Gasteiger partial charge in [-0.15, -0.1) is 0 Å². The Morgan fingerprint density at radius 2 is 1.72 bits per heavy atom. The molecule has 46 heavy (non-hydrogen) atoms. The maximum atomic E-state index is 13.7. The molecule has 0 saturated heterocycles. The zero-order valence-electron chi connectivity index (χ0n) is 27.4. The number of nitrogens with one attached hydrogen (secondary N) is 2. The molecule has 5 aromatic rings. The largest absolute Gasteiger partial charge is 0.388 e. The molecular weight excluding hydrogens is 572 g/mol. The predicted octanol–water partition coefficient (Wildman–Crippen LogP) is 6.73. The van der Waals surface area contributed by atoms with Crippen molar-refractivity contribution in [2.45, 2.75) is 33.7 Å². The van der Waals surface area contributed by atoms with Gasteiger partial charge in [-0.3, -0.25) is 14.6 Å². The average Bonchev–Trinajstić information content (AvgIpc) is 3.43. The summed E-state index contributed by atoms with van der Waals surface area (Å²) in [6, 6.07) is 20.8. The molecule has 2 aromatic heterocycles. The quantitative estimate of drug-likeness (QED) is 0.180. The zero-order chi connectivity index (χ0) is 32.7. The lowest BCUT2D eigenvalue weighted by atomic mass is 9.87. The first-order valence-electron chi connectivity index (χ1n) is 15.6. The molecule has 0 aliphatic carbocycles. The summed E-state index contributed by atoms with van der Waals surface area (Å²) >= 11 is 0. The van der Waals surface area contributed by atoms with Crippen molar-refractivity contribution in [1.82, 2.24) is 14.5 Å². The van der Waals surface area contributed by atoms with E-state index >= 15 is 0 Å². The smallest absolute Gasteiger partial charge is 0.241 e. The summed E-state index contributed by atoms with van der Waals surface area (Å²) in [5, 5.41) is 12.1. The number of aryl methyl sites for hydroxylation is 1. The van der Waals surface area contributed by atoms with E-state index in [1.54, 1.807) is 6.92 Å². The summed E-state index contributed by atoms with van der Waals surface area (Å²) in [5.41, 5.74) is 12.6. The highest BCUT2D eigenvalue weighted by Gasteiger charge is 2.32. The fourth-order valence-corrected chi connectivity index (χ4v) is 6.72. The van der Waals surface area contributed by atoms with Gasteiger partial charge in [-0.05, 0) is 87.5 Å². The van der Waals surface area contributed by atoms with Crippen LogP contribution in [0.25, 0.3) is 44.5 Å². The third-order valence-electron chi connectivity index (χ3n) is 8.86. The van der Waals surface area contributed by atoms with E-state index in [1.807, 2.05) is 61.4 Å². The SMILES string of the molecule is CNc1ccc(-c2cc(-c3cc4c(-c5ccc(C)cc5)c(CC(C)=O)c(C)c5c4n3CCN5C(=O)CN(C)C)ccn2)cc1C=N. The first-order valence-corrected chi connectivity index (χ1v) is 15.6. The van der Waals surface area contributed by atoms with Crippen LogP contribution in [0.3, 0.4) is 0 Å². The first-order chi connectivity index (χ1) is 22.1. The average molecular weight is 613 g/mol. The van der Waals surface area contributed by atoms with Crippen molar-refractivity contribution in [3.63, 3.8) is 0 Å². The molecule has 3 aromatic carbocycles. The Balaban J connectivity index is 1.63. The summed E-state index contributed by atoms with van der Waals surface area (Å²) < 4.78 is 2.33. The number of carbonyl (C=O) groups is 2. The van der Waals surface area contributed by atoms with Crippen LogP contribution in [-0.4, -0.2) is 66.6 Å². The Bertz CT molecular complexity index is 2000. The van der Waals surface area contributed by atoms with Gasteiger partial charge in [0.25, 0.3) is 0 Å². The molecule has 1 amide bonds. The number of anilines is 2. The number of amides is 1. The number of benzene rings is 3. The van der Waals surface area contributed by atoms with Gasteiger partial charge in [-0.25, -0.2) is 0 Å². The summed E-state index contributed by atoms with van der Waals surface area (Å²) in [6.45, 7) is 7.23. The molecular formula is C38H40N6O2. The van der Waals surface area contributed by atoms with Gasteiger partial charge in [-0.1, -0.05) is 35.9 Å². The van der Waals surface area contributed by atoms with Crippen LogP contribution in [0.15, 0.2) is 66.9 Å². The van der Waals surface area contributed by atoms with Crippen LogP contribution in [0, 0.1) is 19.3 Å². The Morgan fingerprint density at radius 1 is 0.978 bits per heavy atom. The van der Waals surface area contributed by atoms with Gasteiger partial charge in [-0.2, -0.15) is 0 Å². The summed E-state index contributed by atoms with van der Waals surface area (Å²) in [6.07, 6.45) is 3.46. The number of rotatable bonds is 9. The van der Waals surface area contributed by atoms with Gasteiger partial charge in [0.15, 0.2) is 0 Å². The van der Waals surface area contributed by atoms with Crippen LogP contribution >= 0.6 is 0 Å². The van der Waals surface area contributed by atoms with Crippen molar-refractivity contribution in [3.8, 4) is 33.6 Å². The number of likely N-dealkylation sites (N-methyl/N-ethyl adjacent to an activating group) is 1. The van der Waals surface area contributed by atoms with Gasteiger partial charge >= 0.3 is 0 Å². The van der Waals surface area contributed by atoms with E-state index < -0.39 is 0 Å². The minimum Gasteiger partial charge on any atom is -0.388 e. The maximum absolute atomic E-state index is 13.7. The number of nitrogens with zero attached hydrogens (tertiary/aromatic N) is 4. The molecule has 0 bridgehead atoms. The second kappa shape index (κ2) is 12.4. The Morgan fingerprint density at radius 3 is 2.39 bits per heavy atom. The van der Waals surface area contributed by atoms with E-state index in [9.17, 15) is 9.59 Å². The fourth-order valence-electron chi connectivity index (χ4n) is 6.72. The van der Waals surface area contributed by atoms with Crippen LogP contribution in [0.4, 0.5) is 11.4 Å². The normalized spacial score (nSPS) is 12.5. The molecule has 0 saturated carbocycles. The Labute approximate surface area is 270 Å². The van der Waals surface area contributed by atoms with Crippen LogP contribution in [-0.2, 0) is 22.6 Å². The number of ketones is 1. The monoisotopic (exact) mass is 612 g/mol. The lowest BCUT2D eigenvalue weighted by Crippen LogP contribution is -2.42. The highest BCUT2D eigenvalue weighted by Crippen LogP contribution is 2.47. The lowest BCUT2D eigenvalue weighted by Gasteiger charge is -2.33. The van der Waals surface area contributed by atoms with Gasteiger partial charge < -0.3 is 25.1 Å². The minimum absolute atomic E-state index is 0.0403. The van der Waals surface area contributed by atoms with E-state index in [0.29, 0.717) is 19.6 Å². The lowest BCUT2D eigenvalue weighted by molar-refractivity contribution is -0.119. The fraction of sp³-hybridized carbons (Fsp3) is 0.263. The summed E-state index contributed by atoms with van der Waals surface area (Å²) in [7, 11) is 5.66. The molecule has 1 aliphatic rings. The standard InChI is InChI=1S/C38H40N6O2/c1-23-7-9-26(10-8-23)36-30(17-24(2)45)25(3)37-38-31(36)20-34(43(38)15-16-44(37)35(46)22-42(5)6)28-13-14-41-33(19-28)27-11-12-32(40-4)29(18-27)21-39/h7-14,18-21,39-40H,15-17,22H2,1-6H3. The molecule has 6 rings (SSSR count). The van der Waals surface area contributed by atoms with Gasteiger partial charge in [0, 0.05) is 72.4 Å². The summed E-state index contributed by atoms with van der Waals surface area (Å²) in [5.74, 6) is 0.121. The molecule has 0 unspecified atom stereocenters. The van der Waals surface area contributed by atoms with Gasteiger partial charge in [0.05, 0.1) is 23.4 Å². The van der Waals surface area contributed by atoms with Crippen molar-refractivity contribution in [1.29, 1.82) is 5.41 Å². The van der Waals surface area contributed by atoms with E-state index in [0.717, 1.165) is 72.6 Å². The maximum Gasteiger partial charge on any atom is 0.241 e. The third kappa shape index (κ3) is 5.49. The first kappa shape index (κ1) is 30.9. The second-order valence-corrected chi connectivity index (χ2v) is 12.4. The molecule has 8 nitrogen and oxygen atoms in total. The molecule has 0 atom stereocenters. The molecule has 234 valence electrons.